The fraction of sp³-hybridized carbons (Fsp3) is 0.0588. The number of hydrogen-bond acceptors (Lipinski definition) is 1. The van der Waals surface area contributed by atoms with E-state index in [1.54, 1.807) is 0 Å². The predicted octanol–water partition coefficient (Wildman–Crippen LogP) is 9.84. The first kappa shape index (κ1) is 20.1. The molecule has 1 heteroatoms. The van der Waals surface area contributed by atoms with Crippen LogP contribution >= 0.6 is 0 Å². The van der Waals surface area contributed by atoms with Crippen molar-refractivity contribution in [2.24, 2.45) is 0 Å². The van der Waals surface area contributed by atoms with Crippen molar-refractivity contribution < 1.29 is 4.42 Å². The van der Waals surface area contributed by atoms with Crippen molar-refractivity contribution in [3.05, 3.63) is 120 Å². The predicted molar refractivity (Wildman–Crippen MR) is 149 cm³/mol. The molecule has 1 aromatic heterocycles. The maximum atomic E-state index is 6.37. The lowest BCUT2D eigenvalue weighted by molar-refractivity contribution is 0.670. The molecule has 0 aliphatic carbocycles. The highest BCUT2D eigenvalue weighted by Gasteiger charge is 2.14. The quantitative estimate of drug-likeness (QED) is 0.240. The zero-order valence-electron chi connectivity index (χ0n) is 19.8. The summed E-state index contributed by atoms with van der Waals surface area (Å²) in [7, 11) is 0. The van der Waals surface area contributed by atoms with Gasteiger partial charge in [-0.05, 0) is 88.0 Å². The molecule has 6 aromatic carbocycles. The molecule has 7 aromatic rings. The molecule has 0 radical (unpaired) electrons. The molecule has 0 spiro atoms. The molecule has 0 fully saturated rings. The fourth-order valence-corrected chi connectivity index (χ4v) is 5.47. The minimum Gasteiger partial charge on any atom is -0.455 e. The van der Waals surface area contributed by atoms with Crippen molar-refractivity contribution in [1.82, 2.24) is 0 Å². The lowest BCUT2D eigenvalue weighted by Gasteiger charge is -2.12. The van der Waals surface area contributed by atoms with Crippen LogP contribution < -0.4 is 0 Å². The van der Waals surface area contributed by atoms with Gasteiger partial charge in [-0.15, -0.1) is 0 Å². The second-order valence-electron chi connectivity index (χ2n) is 9.56. The number of hydrogen-bond donors (Lipinski definition) is 0. The smallest absolute Gasteiger partial charge is 0.143 e. The van der Waals surface area contributed by atoms with Crippen LogP contribution in [0.5, 0.6) is 0 Å². The van der Waals surface area contributed by atoms with Crippen LogP contribution in [0.25, 0.3) is 65.7 Å². The average molecular weight is 449 g/mol. The van der Waals surface area contributed by atoms with E-state index in [4.69, 9.17) is 4.42 Å². The van der Waals surface area contributed by atoms with Gasteiger partial charge in [0.1, 0.15) is 11.2 Å². The molecule has 0 unspecified atom stereocenters. The zero-order valence-corrected chi connectivity index (χ0v) is 19.8. The minimum absolute atomic E-state index is 0.941. The Kier molecular flexibility index (Phi) is 4.34. The van der Waals surface area contributed by atoms with Gasteiger partial charge in [0.25, 0.3) is 0 Å². The Hall–Kier alpha value is -4.36. The molecule has 166 valence electrons. The van der Waals surface area contributed by atoms with Crippen LogP contribution in [0.2, 0.25) is 0 Å². The van der Waals surface area contributed by atoms with Gasteiger partial charge in [0.2, 0.25) is 0 Å². The Balaban J connectivity index is 1.41. The molecule has 0 bridgehead atoms. The Morgan fingerprint density at radius 2 is 1.11 bits per heavy atom. The van der Waals surface area contributed by atoms with E-state index in [0.29, 0.717) is 0 Å². The second-order valence-corrected chi connectivity index (χ2v) is 9.56. The van der Waals surface area contributed by atoms with E-state index in [-0.39, 0.29) is 0 Å². The summed E-state index contributed by atoms with van der Waals surface area (Å²) in [6, 6.07) is 39.5. The van der Waals surface area contributed by atoms with Gasteiger partial charge < -0.3 is 4.42 Å². The normalized spacial score (nSPS) is 11.7. The van der Waals surface area contributed by atoms with Crippen LogP contribution in [0.3, 0.4) is 0 Å². The SMILES string of the molecule is Cc1ccc2oc3c(-c4ccc(-c5cc6ccccc6c6ccccc56)cc4)cc(C)cc3c2c1. The van der Waals surface area contributed by atoms with Crippen LogP contribution in [0.1, 0.15) is 11.1 Å². The standard InChI is InChI=1S/C34H24O/c1-21-11-16-33-31(17-21)32-19-22(2)18-30(34(32)35-33)24-14-12-23(13-15-24)29-20-25-7-3-4-8-26(25)27-9-5-6-10-28(27)29/h3-20H,1-2H3. The van der Waals surface area contributed by atoms with Crippen molar-refractivity contribution in [1.29, 1.82) is 0 Å². The Morgan fingerprint density at radius 3 is 1.91 bits per heavy atom. The molecule has 1 nitrogen and oxygen atoms in total. The van der Waals surface area contributed by atoms with Crippen LogP contribution in [-0.4, -0.2) is 0 Å². The van der Waals surface area contributed by atoms with Gasteiger partial charge in [0.05, 0.1) is 0 Å². The first-order chi connectivity index (χ1) is 17.2. The van der Waals surface area contributed by atoms with Gasteiger partial charge in [-0.1, -0.05) is 84.4 Å². The summed E-state index contributed by atoms with van der Waals surface area (Å²) in [4.78, 5) is 0. The van der Waals surface area contributed by atoms with E-state index in [1.807, 2.05) is 0 Å². The molecule has 0 N–H and O–H groups in total. The number of rotatable bonds is 2. The highest BCUT2D eigenvalue weighted by molar-refractivity contribution is 6.14. The number of aryl methyl sites for hydroxylation is 2. The summed E-state index contributed by atoms with van der Waals surface area (Å²) in [6.45, 7) is 4.29. The second kappa shape index (κ2) is 7.58. The molecular weight excluding hydrogens is 424 g/mol. The maximum absolute atomic E-state index is 6.37. The largest absolute Gasteiger partial charge is 0.455 e. The first-order valence-electron chi connectivity index (χ1n) is 12.1. The molecule has 0 amide bonds. The van der Waals surface area contributed by atoms with Gasteiger partial charge in [0.15, 0.2) is 0 Å². The molecular formula is C34H24O. The average Bonchev–Trinajstić information content (AvgIpc) is 3.25. The third-order valence-electron chi connectivity index (χ3n) is 7.15. The lowest BCUT2D eigenvalue weighted by atomic mass is 9.92. The third-order valence-corrected chi connectivity index (χ3v) is 7.15. The monoisotopic (exact) mass is 448 g/mol. The highest BCUT2D eigenvalue weighted by Crippen LogP contribution is 2.39. The number of furan rings is 1. The summed E-state index contributed by atoms with van der Waals surface area (Å²) >= 11 is 0. The molecule has 0 saturated carbocycles. The van der Waals surface area contributed by atoms with Gasteiger partial charge >= 0.3 is 0 Å². The van der Waals surface area contributed by atoms with Gasteiger partial charge in [-0.2, -0.15) is 0 Å². The summed E-state index contributed by atoms with van der Waals surface area (Å²) in [5.41, 5.74) is 9.18. The van der Waals surface area contributed by atoms with E-state index >= 15 is 0 Å². The van der Waals surface area contributed by atoms with E-state index in [1.165, 1.54) is 60.1 Å². The lowest BCUT2D eigenvalue weighted by Crippen LogP contribution is -1.86. The summed E-state index contributed by atoms with van der Waals surface area (Å²) in [5.74, 6) is 0. The summed E-state index contributed by atoms with van der Waals surface area (Å²) in [5, 5.41) is 7.51. The third kappa shape index (κ3) is 3.16. The Labute approximate surface area is 204 Å². The van der Waals surface area contributed by atoms with E-state index in [0.717, 1.165) is 16.7 Å². The number of fused-ring (bicyclic) bond motifs is 6. The van der Waals surface area contributed by atoms with Crippen molar-refractivity contribution in [2.45, 2.75) is 13.8 Å². The van der Waals surface area contributed by atoms with Crippen molar-refractivity contribution >= 4 is 43.5 Å². The van der Waals surface area contributed by atoms with E-state index < -0.39 is 0 Å². The number of benzene rings is 6. The molecule has 0 saturated heterocycles. The van der Waals surface area contributed by atoms with Crippen molar-refractivity contribution in [2.75, 3.05) is 0 Å². The molecule has 35 heavy (non-hydrogen) atoms. The summed E-state index contributed by atoms with van der Waals surface area (Å²) in [6.07, 6.45) is 0. The first-order valence-corrected chi connectivity index (χ1v) is 12.1. The van der Waals surface area contributed by atoms with Crippen LogP contribution in [0.15, 0.2) is 114 Å². The van der Waals surface area contributed by atoms with Crippen LogP contribution in [0.4, 0.5) is 0 Å². The van der Waals surface area contributed by atoms with Gasteiger partial charge in [0, 0.05) is 16.3 Å². The zero-order chi connectivity index (χ0) is 23.5. The minimum atomic E-state index is 0.941. The van der Waals surface area contributed by atoms with Crippen molar-refractivity contribution in [3.8, 4) is 22.3 Å². The van der Waals surface area contributed by atoms with Crippen LogP contribution in [-0.2, 0) is 0 Å². The van der Waals surface area contributed by atoms with E-state index in [2.05, 4.69) is 123 Å². The molecule has 0 aliphatic heterocycles. The van der Waals surface area contributed by atoms with Crippen molar-refractivity contribution in [3.63, 3.8) is 0 Å². The van der Waals surface area contributed by atoms with Gasteiger partial charge in [-0.3, -0.25) is 0 Å². The summed E-state index contributed by atoms with van der Waals surface area (Å²) < 4.78 is 6.37. The maximum Gasteiger partial charge on any atom is 0.143 e. The van der Waals surface area contributed by atoms with E-state index in [9.17, 15) is 0 Å². The highest BCUT2D eigenvalue weighted by atomic mass is 16.3. The van der Waals surface area contributed by atoms with Gasteiger partial charge in [-0.25, -0.2) is 0 Å². The molecule has 0 atom stereocenters. The topological polar surface area (TPSA) is 13.1 Å². The molecule has 0 aliphatic rings. The van der Waals surface area contributed by atoms with Crippen LogP contribution in [0, 0.1) is 13.8 Å². The Morgan fingerprint density at radius 1 is 0.457 bits per heavy atom. The molecule has 7 rings (SSSR count). The Bertz CT molecular complexity index is 1900. The molecule has 1 heterocycles. The fourth-order valence-electron chi connectivity index (χ4n) is 5.47.